The van der Waals surface area contributed by atoms with Crippen LogP contribution in [0.25, 0.3) is 20.8 Å². The van der Waals surface area contributed by atoms with Crippen molar-refractivity contribution in [1.29, 1.82) is 0 Å². The highest BCUT2D eigenvalue weighted by molar-refractivity contribution is 7.21. The summed E-state index contributed by atoms with van der Waals surface area (Å²) >= 11 is 15.0. The van der Waals surface area contributed by atoms with Crippen molar-refractivity contribution in [3.05, 3.63) is 39.7 Å². The van der Waals surface area contributed by atoms with Gasteiger partial charge in [-0.3, -0.25) is 0 Å². The molecule has 1 aromatic rings. The number of ether oxygens (including phenoxy) is 4. The van der Waals surface area contributed by atoms with Gasteiger partial charge in [0.05, 0.1) is 38.4 Å². The van der Waals surface area contributed by atoms with Gasteiger partial charge in [0.15, 0.2) is 13.1 Å². The lowest BCUT2D eigenvalue weighted by molar-refractivity contribution is -0.344. The molecule has 2 aliphatic rings. The number of fused-ring (bicyclic) bond motifs is 2. The highest BCUT2D eigenvalue weighted by Crippen LogP contribution is 2.38. The molecule has 1 heterocycles. The maximum Gasteiger partial charge on any atom is 0.430 e. The summed E-state index contributed by atoms with van der Waals surface area (Å²) in [7, 11) is 6.79. The molecule has 1 aliphatic heterocycles. The number of hydrogen-bond acceptors (Lipinski definition) is 9. The maximum atomic E-state index is 10.5. The van der Waals surface area contributed by atoms with Gasteiger partial charge in [-0.1, -0.05) is 23.2 Å². The normalized spacial score (nSPS) is 11.4. The predicted molar refractivity (Wildman–Crippen MR) is 152 cm³/mol. The number of rotatable bonds is 13. The number of carbonyl (C=O) groups excluding carboxylic acids is 1. The summed E-state index contributed by atoms with van der Waals surface area (Å²) in [5, 5.41) is 11.0. The van der Waals surface area contributed by atoms with Crippen molar-refractivity contribution >= 4 is 56.4 Å². The molecule has 3 rings (SSSR count). The number of methoxy groups -OCH3 is 4. The van der Waals surface area contributed by atoms with E-state index in [0.717, 1.165) is 58.0 Å². The van der Waals surface area contributed by atoms with Gasteiger partial charge in [0.2, 0.25) is 5.36 Å². The molecule has 0 N–H and O–H groups in total. The van der Waals surface area contributed by atoms with E-state index in [2.05, 4.69) is 21.6 Å². The summed E-state index contributed by atoms with van der Waals surface area (Å²) in [5.41, 5.74) is 2.49. The van der Waals surface area contributed by atoms with Crippen LogP contribution in [0.15, 0.2) is 24.3 Å². The fourth-order valence-corrected chi connectivity index (χ4v) is 5.36. The lowest BCUT2D eigenvalue weighted by Gasteiger charge is -2.25. The Labute approximate surface area is 250 Å². The third-order valence-electron chi connectivity index (χ3n) is 5.69. The number of aliphatic carboxylic acids is 1. The van der Waals surface area contributed by atoms with Gasteiger partial charge in [-0.25, -0.2) is 9.56 Å². The Morgan fingerprint density at radius 1 is 0.927 bits per heavy atom. The van der Waals surface area contributed by atoms with Crippen molar-refractivity contribution in [2.45, 2.75) is 6.18 Å². The van der Waals surface area contributed by atoms with Gasteiger partial charge in [0.1, 0.15) is 24.9 Å². The molecule has 0 amide bonds. The van der Waals surface area contributed by atoms with Crippen molar-refractivity contribution < 1.29 is 42.0 Å². The number of carboxylic acids is 1. The molecule has 0 aromatic heterocycles. The van der Waals surface area contributed by atoms with Crippen molar-refractivity contribution in [2.24, 2.45) is 0 Å². The van der Waals surface area contributed by atoms with E-state index in [4.69, 9.17) is 57.0 Å². The lowest BCUT2D eigenvalue weighted by atomic mass is 10.2. The first-order chi connectivity index (χ1) is 19.5. The topological polar surface area (TPSA) is 96.2 Å². The first-order valence-electron chi connectivity index (χ1n) is 12.3. The average Bonchev–Trinajstić information content (AvgIpc) is 2.92. The molecule has 228 valence electrons. The minimum atomic E-state index is -5.19. The Kier molecular flexibility index (Phi) is 14.5. The Hall–Kier alpha value is -2.26. The van der Waals surface area contributed by atoms with E-state index in [9.17, 15) is 13.2 Å². The molecule has 9 nitrogen and oxygen atoms in total. The van der Waals surface area contributed by atoms with Crippen LogP contribution in [0.5, 0.6) is 0 Å². The zero-order chi connectivity index (χ0) is 30.6. The standard InChI is InChI=1S/C24H32Cl2N3O4S.C2HF3O2/c1-30-9-5-28(6-10-31-2)17-13-19(25)23-21(15-17)34-22-16-18(14-20(26)24(22)27-23)29(7-11-32-3)8-12-33-4;3-2(4,5)1(6)7/h13-16H,5-12H2,1-4H3;(H,6,7)/q+1;/p-1. The molecule has 0 radical (unpaired) electrons. The van der Waals surface area contributed by atoms with Crippen LogP contribution in [0.3, 0.4) is 0 Å². The molecule has 41 heavy (non-hydrogen) atoms. The number of aromatic nitrogens is 1. The fourth-order valence-electron chi connectivity index (χ4n) is 3.63. The summed E-state index contributed by atoms with van der Waals surface area (Å²) in [6.07, 6.45) is -5.19. The zero-order valence-electron chi connectivity index (χ0n) is 23.1. The smallest absolute Gasteiger partial charge is 0.430 e. The highest BCUT2D eigenvalue weighted by atomic mass is 35.5. The van der Waals surface area contributed by atoms with Crippen LogP contribution in [-0.2, 0) is 23.7 Å². The first-order valence-corrected chi connectivity index (χ1v) is 13.8. The molecule has 0 saturated carbocycles. The van der Waals surface area contributed by atoms with Crippen LogP contribution in [0.1, 0.15) is 0 Å². The van der Waals surface area contributed by atoms with Gasteiger partial charge < -0.3 is 33.7 Å². The number of carboxylic acid groups (broad SMARTS) is 1. The van der Waals surface area contributed by atoms with Crippen LogP contribution in [0, 0.1) is 0 Å². The summed E-state index contributed by atoms with van der Waals surface area (Å²) in [6.45, 7) is 5.36. The fraction of sp³-hybridized carbons (Fsp3) is 0.500. The van der Waals surface area contributed by atoms with Crippen LogP contribution in [0.4, 0.5) is 18.9 Å². The van der Waals surface area contributed by atoms with Gasteiger partial charge in [-0.05, 0) is 12.1 Å². The third-order valence-corrected chi connectivity index (χ3v) is 7.33. The summed E-state index contributed by atoms with van der Waals surface area (Å²) < 4.78 is 55.9. The molecule has 1 aliphatic carbocycles. The number of nitrogens with zero attached hydrogens (tertiary/aromatic N) is 3. The van der Waals surface area contributed by atoms with Gasteiger partial charge >= 0.3 is 6.18 Å². The Morgan fingerprint density at radius 2 is 1.46 bits per heavy atom. The molecule has 0 spiro atoms. The Bertz CT molecular complexity index is 1310. The van der Waals surface area contributed by atoms with Crippen LogP contribution in [-0.4, -0.2) is 98.2 Å². The predicted octanol–water partition coefficient (Wildman–Crippen LogP) is 3.17. The quantitative estimate of drug-likeness (QED) is 0.207. The van der Waals surface area contributed by atoms with E-state index in [1.165, 1.54) is 0 Å². The number of benzene rings is 2. The number of hydrogen-bond donors (Lipinski definition) is 0. The minimum Gasteiger partial charge on any atom is -0.542 e. The molecule has 0 bridgehead atoms. The molecular formula is C26H32Cl2F3N3O6S. The molecule has 15 heteroatoms. The number of alkyl halides is 3. The Balaban J connectivity index is 0.000000745. The highest BCUT2D eigenvalue weighted by Gasteiger charge is 2.28. The first kappa shape index (κ1) is 34.9. The van der Waals surface area contributed by atoms with Crippen molar-refractivity contribution in [1.82, 2.24) is 9.56 Å². The van der Waals surface area contributed by atoms with E-state index in [1.807, 2.05) is 12.1 Å². The summed E-state index contributed by atoms with van der Waals surface area (Å²) in [5.74, 6) is -3.01. The van der Waals surface area contributed by atoms with Crippen molar-refractivity contribution in [3.63, 3.8) is 0 Å². The molecule has 0 saturated heterocycles. The van der Waals surface area contributed by atoms with Crippen molar-refractivity contribution in [2.75, 3.05) is 85.9 Å². The lowest BCUT2D eigenvalue weighted by Crippen LogP contribution is -2.37. The number of anilines is 1. The van der Waals surface area contributed by atoms with E-state index in [-0.39, 0.29) is 0 Å². The monoisotopic (exact) mass is 641 g/mol. The van der Waals surface area contributed by atoms with Crippen LogP contribution < -0.4 is 19.9 Å². The number of halogens is 5. The third kappa shape index (κ3) is 10.5. The number of carbonyl (C=O) groups is 1. The Morgan fingerprint density at radius 3 is 1.95 bits per heavy atom. The molecule has 0 atom stereocenters. The van der Waals surface area contributed by atoms with E-state index in [0.29, 0.717) is 36.5 Å². The van der Waals surface area contributed by atoms with Gasteiger partial charge in [-0.2, -0.15) is 13.2 Å². The average molecular weight is 643 g/mol. The van der Waals surface area contributed by atoms with Crippen LogP contribution >= 0.6 is 34.5 Å². The van der Waals surface area contributed by atoms with Gasteiger partial charge in [0.25, 0.3) is 0 Å². The second-order valence-corrected chi connectivity index (χ2v) is 10.4. The van der Waals surface area contributed by atoms with Crippen molar-refractivity contribution in [3.8, 4) is 10.6 Å². The molecule has 0 unspecified atom stereocenters. The molecular weight excluding hydrogens is 610 g/mol. The zero-order valence-corrected chi connectivity index (χ0v) is 25.4. The summed E-state index contributed by atoms with van der Waals surface area (Å²) in [6, 6.07) is 8.14. The second kappa shape index (κ2) is 17.0. The van der Waals surface area contributed by atoms with E-state index >= 15 is 0 Å². The van der Waals surface area contributed by atoms with E-state index in [1.54, 1.807) is 39.8 Å². The van der Waals surface area contributed by atoms with Gasteiger partial charge in [0, 0.05) is 59.3 Å². The van der Waals surface area contributed by atoms with Gasteiger partial charge in [-0.15, -0.1) is 11.3 Å². The van der Waals surface area contributed by atoms with E-state index < -0.39 is 12.1 Å². The largest absolute Gasteiger partial charge is 0.542 e. The summed E-state index contributed by atoms with van der Waals surface area (Å²) in [4.78, 5) is 16.8. The SMILES string of the molecule is COCCN(CCOC)c1cc(Cl)c2nc3c(Cl)cc(=[N+](CCOC)CCOC)cc-3sc2c1.O=C([O-])C(F)(F)F. The molecule has 0 fully saturated rings. The van der Waals surface area contributed by atoms with Crippen LogP contribution in [0.2, 0.25) is 10.0 Å². The second-order valence-electron chi connectivity index (χ2n) is 8.49. The minimum absolute atomic E-state index is 0.590. The molecule has 1 aromatic carbocycles. The maximum absolute atomic E-state index is 10.5.